The molecule has 1 fully saturated rings. The average Bonchev–Trinajstić information content (AvgIpc) is 2.30. The van der Waals surface area contributed by atoms with Gasteiger partial charge in [0.05, 0.1) is 0 Å². The van der Waals surface area contributed by atoms with Crippen molar-refractivity contribution in [3.63, 3.8) is 0 Å². The number of carbonyl (C=O) groups is 1. The fourth-order valence-corrected chi connectivity index (χ4v) is 2.79. The first-order valence-electron chi connectivity index (χ1n) is 6.75. The molecule has 2 nitrogen and oxygen atoms in total. The maximum atomic E-state index is 10.4. The summed E-state index contributed by atoms with van der Waals surface area (Å²) in [4.78, 5) is 10.4. The fraction of sp³-hybridized carbons (Fsp3) is 0.800. The van der Waals surface area contributed by atoms with Crippen LogP contribution in [-0.4, -0.2) is 12.1 Å². The SMILES string of the molecule is C=CC.CCC1CCC(C)(OC=O)CC1CC. The molecule has 3 unspecified atom stereocenters. The Bertz CT molecular complexity index is 225. The lowest BCUT2D eigenvalue weighted by molar-refractivity contribution is -0.148. The first-order chi connectivity index (χ1) is 8.06. The molecule has 17 heavy (non-hydrogen) atoms. The highest BCUT2D eigenvalue weighted by molar-refractivity contribution is 5.38. The lowest BCUT2D eigenvalue weighted by Crippen LogP contribution is -2.38. The molecule has 0 radical (unpaired) electrons. The van der Waals surface area contributed by atoms with Crippen molar-refractivity contribution >= 4 is 6.47 Å². The van der Waals surface area contributed by atoms with E-state index in [9.17, 15) is 4.79 Å². The minimum Gasteiger partial charge on any atom is -0.462 e. The van der Waals surface area contributed by atoms with Crippen molar-refractivity contribution in [1.82, 2.24) is 0 Å². The monoisotopic (exact) mass is 240 g/mol. The van der Waals surface area contributed by atoms with Crippen LogP contribution < -0.4 is 0 Å². The van der Waals surface area contributed by atoms with Crippen LogP contribution in [0.2, 0.25) is 0 Å². The maximum absolute atomic E-state index is 10.4. The molecule has 0 aromatic rings. The van der Waals surface area contributed by atoms with Gasteiger partial charge in [-0.25, -0.2) is 0 Å². The normalized spacial score (nSPS) is 32.0. The van der Waals surface area contributed by atoms with E-state index in [0.717, 1.165) is 24.7 Å². The second kappa shape index (κ2) is 8.32. The molecule has 0 saturated heterocycles. The molecule has 100 valence electrons. The van der Waals surface area contributed by atoms with Crippen LogP contribution in [0.25, 0.3) is 0 Å². The highest BCUT2D eigenvalue weighted by atomic mass is 16.5. The molecule has 0 aromatic carbocycles. The summed E-state index contributed by atoms with van der Waals surface area (Å²) in [5.74, 6) is 1.57. The van der Waals surface area contributed by atoms with Crippen molar-refractivity contribution in [2.45, 2.75) is 65.4 Å². The van der Waals surface area contributed by atoms with E-state index < -0.39 is 0 Å². The minimum atomic E-state index is -0.186. The lowest BCUT2D eigenvalue weighted by Gasteiger charge is -2.41. The van der Waals surface area contributed by atoms with Crippen LogP contribution in [0.3, 0.4) is 0 Å². The first kappa shape index (κ1) is 16.2. The molecule has 1 rings (SSSR count). The van der Waals surface area contributed by atoms with Crippen LogP contribution in [0.4, 0.5) is 0 Å². The molecule has 1 saturated carbocycles. The van der Waals surface area contributed by atoms with E-state index in [1.165, 1.54) is 19.3 Å². The largest absolute Gasteiger partial charge is 0.462 e. The zero-order valence-corrected chi connectivity index (χ0v) is 11.9. The first-order valence-corrected chi connectivity index (χ1v) is 6.75. The molecule has 0 bridgehead atoms. The van der Waals surface area contributed by atoms with E-state index in [4.69, 9.17) is 4.74 Å². The van der Waals surface area contributed by atoms with Crippen molar-refractivity contribution < 1.29 is 9.53 Å². The highest BCUT2D eigenvalue weighted by Gasteiger charge is 2.37. The Kier molecular flexibility index (Phi) is 7.94. The molecule has 0 amide bonds. The van der Waals surface area contributed by atoms with Gasteiger partial charge in [0, 0.05) is 0 Å². The molecule has 1 aliphatic carbocycles. The number of ether oxygens (including phenoxy) is 1. The van der Waals surface area contributed by atoms with Gasteiger partial charge in [-0.2, -0.15) is 0 Å². The molecule has 1 aliphatic rings. The Balaban J connectivity index is 0.000000770. The third-order valence-corrected chi connectivity index (χ3v) is 3.79. The fourth-order valence-electron chi connectivity index (χ4n) is 2.79. The zero-order chi connectivity index (χ0) is 13.3. The van der Waals surface area contributed by atoms with Crippen molar-refractivity contribution in [3.05, 3.63) is 12.7 Å². The second-order valence-electron chi connectivity index (χ2n) is 5.15. The summed E-state index contributed by atoms with van der Waals surface area (Å²) in [5.41, 5.74) is -0.186. The quantitative estimate of drug-likeness (QED) is 0.539. The number of rotatable bonds is 4. The summed E-state index contributed by atoms with van der Waals surface area (Å²) in [6.07, 6.45) is 7.49. The van der Waals surface area contributed by atoms with Crippen LogP contribution in [0.5, 0.6) is 0 Å². The predicted molar refractivity (Wildman–Crippen MR) is 72.8 cm³/mol. The van der Waals surface area contributed by atoms with Crippen molar-refractivity contribution in [1.29, 1.82) is 0 Å². The van der Waals surface area contributed by atoms with Gasteiger partial charge < -0.3 is 4.74 Å². The molecular formula is C15H28O2. The summed E-state index contributed by atoms with van der Waals surface area (Å²) in [7, 11) is 0. The number of hydrogen-bond acceptors (Lipinski definition) is 2. The molecule has 0 heterocycles. The van der Waals surface area contributed by atoms with Crippen LogP contribution >= 0.6 is 0 Å². The van der Waals surface area contributed by atoms with Crippen LogP contribution in [0.15, 0.2) is 12.7 Å². The Morgan fingerprint density at radius 2 is 1.88 bits per heavy atom. The zero-order valence-electron chi connectivity index (χ0n) is 11.9. The van der Waals surface area contributed by atoms with Gasteiger partial charge in [-0.3, -0.25) is 4.79 Å². The van der Waals surface area contributed by atoms with Crippen molar-refractivity contribution in [2.24, 2.45) is 11.8 Å². The summed E-state index contributed by atoms with van der Waals surface area (Å²) in [6, 6.07) is 0. The topological polar surface area (TPSA) is 26.3 Å². The standard InChI is InChI=1S/C12H22O2.C3H6/c1-4-10-6-7-12(3,14-9-13)8-11(10)5-2;1-3-2/h9-11H,4-8H2,1-3H3;3H,1H2,2H3. The molecular weight excluding hydrogens is 212 g/mol. The van der Waals surface area contributed by atoms with E-state index in [2.05, 4.69) is 27.4 Å². The van der Waals surface area contributed by atoms with E-state index in [1.54, 1.807) is 6.08 Å². The molecule has 0 aromatic heterocycles. The third kappa shape index (κ3) is 5.38. The van der Waals surface area contributed by atoms with E-state index in [0.29, 0.717) is 6.47 Å². The Morgan fingerprint density at radius 1 is 1.35 bits per heavy atom. The van der Waals surface area contributed by atoms with Gasteiger partial charge >= 0.3 is 0 Å². The Morgan fingerprint density at radius 3 is 2.29 bits per heavy atom. The van der Waals surface area contributed by atoms with Crippen LogP contribution in [0, 0.1) is 11.8 Å². The summed E-state index contributed by atoms with van der Waals surface area (Å²) >= 11 is 0. The summed E-state index contributed by atoms with van der Waals surface area (Å²) in [6.45, 7) is 12.4. The lowest BCUT2D eigenvalue weighted by atomic mass is 9.70. The van der Waals surface area contributed by atoms with Gasteiger partial charge in [0.15, 0.2) is 0 Å². The summed E-state index contributed by atoms with van der Waals surface area (Å²) in [5, 5.41) is 0. The van der Waals surface area contributed by atoms with Gasteiger partial charge in [-0.15, -0.1) is 6.58 Å². The van der Waals surface area contributed by atoms with Crippen LogP contribution in [-0.2, 0) is 9.53 Å². The van der Waals surface area contributed by atoms with Crippen LogP contribution in [0.1, 0.15) is 59.8 Å². The smallest absolute Gasteiger partial charge is 0.293 e. The number of hydrogen-bond donors (Lipinski definition) is 0. The molecule has 0 aliphatic heterocycles. The Labute approximate surface area is 106 Å². The second-order valence-corrected chi connectivity index (χ2v) is 5.15. The van der Waals surface area contributed by atoms with Gasteiger partial charge in [-0.1, -0.05) is 32.8 Å². The van der Waals surface area contributed by atoms with Crippen molar-refractivity contribution in [2.75, 3.05) is 0 Å². The van der Waals surface area contributed by atoms with Gasteiger partial charge in [0.2, 0.25) is 0 Å². The van der Waals surface area contributed by atoms with E-state index in [1.807, 2.05) is 6.92 Å². The Hall–Kier alpha value is -0.790. The molecule has 3 atom stereocenters. The third-order valence-electron chi connectivity index (χ3n) is 3.79. The van der Waals surface area contributed by atoms with Gasteiger partial charge in [0.25, 0.3) is 6.47 Å². The summed E-state index contributed by atoms with van der Waals surface area (Å²) < 4.78 is 5.21. The molecule has 2 heteroatoms. The molecule has 0 N–H and O–H groups in total. The van der Waals surface area contributed by atoms with Gasteiger partial charge in [0.1, 0.15) is 5.60 Å². The average molecular weight is 240 g/mol. The predicted octanol–water partition coefficient (Wildman–Crippen LogP) is 4.35. The molecule has 0 spiro atoms. The van der Waals surface area contributed by atoms with Crippen molar-refractivity contribution in [3.8, 4) is 0 Å². The number of allylic oxidation sites excluding steroid dienone is 1. The minimum absolute atomic E-state index is 0.186. The van der Waals surface area contributed by atoms with E-state index >= 15 is 0 Å². The highest BCUT2D eigenvalue weighted by Crippen LogP contribution is 2.41. The number of carbonyl (C=O) groups excluding carboxylic acids is 1. The maximum Gasteiger partial charge on any atom is 0.293 e. The van der Waals surface area contributed by atoms with E-state index in [-0.39, 0.29) is 5.60 Å². The van der Waals surface area contributed by atoms with Gasteiger partial charge in [-0.05, 0) is 44.9 Å².